The van der Waals surface area contributed by atoms with Gasteiger partial charge >= 0.3 is 0 Å². The van der Waals surface area contributed by atoms with Gasteiger partial charge in [0.05, 0.1) is 16.1 Å². The number of carbonyl (C=O) groups is 1. The number of ether oxygens (including phenoxy) is 1. The zero-order valence-corrected chi connectivity index (χ0v) is 13.4. The fourth-order valence-corrected chi connectivity index (χ4v) is 3.00. The number of halogens is 1. The van der Waals surface area contributed by atoms with Gasteiger partial charge in [-0.25, -0.2) is 4.68 Å². The van der Waals surface area contributed by atoms with Crippen LogP contribution in [-0.2, 0) is 9.53 Å². The highest BCUT2D eigenvalue weighted by atomic mass is 35.5. The summed E-state index contributed by atoms with van der Waals surface area (Å²) in [6, 6.07) is 7.18. The van der Waals surface area contributed by atoms with E-state index in [9.17, 15) is 4.79 Å². The molecule has 1 aliphatic rings. The van der Waals surface area contributed by atoms with Gasteiger partial charge in [0.25, 0.3) is 0 Å². The van der Waals surface area contributed by atoms with Crippen molar-refractivity contribution in [2.75, 3.05) is 25.1 Å². The molecule has 0 bridgehead atoms. The Morgan fingerprint density at radius 1 is 1.43 bits per heavy atom. The molecule has 1 saturated heterocycles. The third-order valence-corrected chi connectivity index (χ3v) is 4.58. The Morgan fingerprint density at radius 3 is 2.83 bits per heavy atom. The summed E-state index contributed by atoms with van der Waals surface area (Å²) in [4.78, 5) is 12.6. The Bertz CT molecular complexity index is 681. The number of aromatic nitrogens is 2. The van der Waals surface area contributed by atoms with Crippen molar-refractivity contribution in [3.8, 4) is 5.69 Å². The summed E-state index contributed by atoms with van der Waals surface area (Å²) in [6.07, 6.45) is 4.76. The van der Waals surface area contributed by atoms with Crippen LogP contribution in [0.4, 0.5) is 5.69 Å². The third kappa shape index (κ3) is 3.24. The van der Waals surface area contributed by atoms with Crippen LogP contribution in [0.5, 0.6) is 0 Å². The SMILES string of the molecule is NCC1(C(=O)Nc2ccc(-n3cccn3)c(Cl)c2)CCOCC1. The van der Waals surface area contributed by atoms with E-state index in [0.717, 1.165) is 5.69 Å². The molecule has 1 amide bonds. The molecule has 1 aromatic carbocycles. The topological polar surface area (TPSA) is 82.2 Å². The fraction of sp³-hybridized carbons (Fsp3) is 0.375. The van der Waals surface area contributed by atoms with E-state index in [1.165, 1.54) is 0 Å². The first-order chi connectivity index (χ1) is 11.1. The van der Waals surface area contributed by atoms with Crippen molar-refractivity contribution in [2.45, 2.75) is 12.8 Å². The largest absolute Gasteiger partial charge is 0.381 e. The normalized spacial score (nSPS) is 17.0. The number of hydrogen-bond acceptors (Lipinski definition) is 4. The van der Waals surface area contributed by atoms with Gasteiger partial charge in [0.2, 0.25) is 5.91 Å². The van der Waals surface area contributed by atoms with Crippen molar-refractivity contribution >= 4 is 23.2 Å². The average molecular weight is 335 g/mol. The Balaban J connectivity index is 1.77. The number of nitrogens with one attached hydrogen (secondary N) is 1. The molecule has 0 unspecified atom stereocenters. The monoisotopic (exact) mass is 334 g/mol. The second-order valence-electron chi connectivity index (χ2n) is 5.67. The first kappa shape index (κ1) is 16.0. The molecule has 1 fully saturated rings. The second-order valence-corrected chi connectivity index (χ2v) is 6.07. The molecule has 122 valence electrons. The molecular weight excluding hydrogens is 316 g/mol. The van der Waals surface area contributed by atoms with Gasteiger partial charge in [-0.15, -0.1) is 0 Å². The second kappa shape index (κ2) is 6.70. The van der Waals surface area contributed by atoms with E-state index in [1.54, 1.807) is 16.9 Å². The van der Waals surface area contributed by atoms with Crippen LogP contribution < -0.4 is 11.1 Å². The Hall–Kier alpha value is -1.89. The molecule has 2 heterocycles. The molecule has 0 radical (unpaired) electrons. The average Bonchev–Trinajstić information content (AvgIpc) is 3.09. The highest BCUT2D eigenvalue weighted by Crippen LogP contribution is 2.32. The van der Waals surface area contributed by atoms with Crippen molar-refractivity contribution in [2.24, 2.45) is 11.1 Å². The lowest BCUT2D eigenvalue weighted by Gasteiger charge is -2.34. The summed E-state index contributed by atoms with van der Waals surface area (Å²) in [7, 11) is 0. The van der Waals surface area contributed by atoms with Gasteiger partial charge in [0, 0.05) is 37.8 Å². The third-order valence-electron chi connectivity index (χ3n) is 4.28. The summed E-state index contributed by atoms with van der Waals surface area (Å²) >= 11 is 6.30. The van der Waals surface area contributed by atoms with Crippen LogP contribution in [0.15, 0.2) is 36.7 Å². The van der Waals surface area contributed by atoms with E-state index < -0.39 is 5.41 Å². The molecule has 3 rings (SSSR count). The molecule has 7 heteroatoms. The summed E-state index contributed by atoms with van der Waals surface area (Å²) in [6.45, 7) is 1.43. The Labute approximate surface area is 139 Å². The highest BCUT2D eigenvalue weighted by molar-refractivity contribution is 6.32. The Morgan fingerprint density at radius 2 is 2.22 bits per heavy atom. The van der Waals surface area contributed by atoms with Crippen molar-refractivity contribution in [1.29, 1.82) is 0 Å². The van der Waals surface area contributed by atoms with Crippen LogP contribution >= 0.6 is 11.6 Å². The van der Waals surface area contributed by atoms with E-state index in [-0.39, 0.29) is 5.91 Å². The lowest BCUT2D eigenvalue weighted by Crippen LogP contribution is -2.46. The van der Waals surface area contributed by atoms with E-state index >= 15 is 0 Å². The molecule has 2 aromatic rings. The molecule has 1 aliphatic heterocycles. The number of nitrogens with zero attached hydrogens (tertiary/aromatic N) is 2. The molecule has 0 spiro atoms. The van der Waals surface area contributed by atoms with Crippen molar-refractivity contribution in [3.05, 3.63) is 41.7 Å². The van der Waals surface area contributed by atoms with Gasteiger partial charge in [0.15, 0.2) is 0 Å². The number of rotatable bonds is 4. The van der Waals surface area contributed by atoms with Crippen LogP contribution in [0.25, 0.3) is 5.69 Å². The summed E-state index contributed by atoms with van der Waals surface area (Å²) in [5, 5.41) is 7.59. The molecule has 6 nitrogen and oxygen atoms in total. The van der Waals surface area contributed by atoms with Crippen LogP contribution in [0, 0.1) is 5.41 Å². The van der Waals surface area contributed by atoms with Gasteiger partial charge in [0.1, 0.15) is 0 Å². The van der Waals surface area contributed by atoms with Crippen LogP contribution in [0.2, 0.25) is 5.02 Å². The smallest absolute Gasteiger partial charge is 0.232 e. The molecule has 0 atom stereocenters. The first-order valence-electron chi connectivity index (χ1n) is 7.53. The van der Waals surface area contributed by atoms with Gasteiger partial charge in [-0.1, -0.05) is 11.6 Å². The summed E-state index contributed by atoms with van der Waals surface area (Å²) in [5.74, 6) is -0.0776. The number of nitrogens with two attached hydrogens (primary N) is 1. The lowest BCUT2D eigenvalue weighted by molar-refractivity contribution is -0.130. The van der Waals surface area contributed by atoms with E-state index in [1.807, 2.05) is 24.4 Å². The number of benzene rings is 1. The maximum atomic E-state index is 12.6. The number of carbonyl (C=O) groups excluding carboxylic acids is 1. The number of anilines is 1. The fourth-order valence-electron chi connectivity index (χ4n) is 2.73. The van der Waals surface area contributed by atoms with E-state index in [2.05, 4.69) is 10.4 Å². The molecule has 1 aromatic heterocycles. The van der Waals surface area contributed by atoms with Crippen molar-refractivity contribution in [3.63, 3.8) is 0 Å². The number of hydrogen-bond donors (Lipinski definition) is 2. The van der Waals surface area contributed by atoms with Crippen molar-refractivity contribution < 1.29 is 9.53 Å². The highest BCUT2D eigenvalue weighted by Gasteiger charge is 2.38. The van der Waals surface area contributed by atoms with E-state index in [4.69, 9.17) is 22.1 Å². The minimum absolute atomic E-state index is 0.0776. The molecule has 23 heavy (non-hydrogen) atoms. The minimum Gasteiger partial charge on any atom is -0.381 e. The number of amides is 1. The van der Waals surface area contributed by atoms with Gasteiger partial charge in [-0.3, -0.25) is 4.79 Å². The summed E-state index contributed by atoms with van der Waals surface area (Å²) < 4.78 is 7.01. The zero-order valence-electron chi connectivity index (χ0n) is 12.7. The predicted molar refractivity (Wildman–Crippen MR) is 88.7 cm³/mol. The standard InChI is InChI=1S/C16H19ClN4O2/c17-13-10-12(2-3-14(13)21-7-1-6-19-21)20-15(22)16(11-18)4-8-23-9-5-16/h1-3,6-7,10H,4-5,8-9,11,18H2,(H,20,22). The molecule has 0 saturated carbocycles. The van der Waals surface area contributed by atoms with Crippen molar-refractivity contribution in [1.82, 2.24) is 9.78 Å². The van der Waals surface area contributed by atoms with Crippen LogP contribution in [0.3, 0.4) is 0 Å². The van der Waals surface area contributed by atoms with E-state index in [0.29, 0.717) is 43.3 Å². The first-order valence-corrected chi connectivity index (χ1v) is 7.91. The quantitative estimate of drug-likeness (QED) is 0.898. The van der Waals surface area contributed by atoms with Gasteiger partial charge < -0.3 is 15.8 Å². The summed E-state index contributed by atoms with van der Waals surface area (Å²) in [5.41, 5.74) is 6.70. The van der Waals surface area contributed by atoms with Gasteiger partial charge in [-0.05, 0) is 37.1 Å². The molecule has 0 aliphatic carbocycles. The maximum Gasteiger partial charge on any atom is 0.232 e. The lowest BCUT2D eigenvalue weighted by atomic mass is 9.79. The Kier molecular flexibility index (Phi) is 4.66. The van der Waals surface area contributed by atoms with Crippen LogP contribution in [0.1, 0.15) is 12.8 Å². The molecule has 3 N–H and O–H groups in total. The minimum atomic E-state index is -0.564. The maximum absolute atomic E-state index is 12.6. The van der Waals surface area contributed by atoms with Crippen LogP contribution in [-0.4, -0.2) is 35.4 Å². The van der Waals surface area contributed by atoms with Gasteiger partial charge in [-0.2, -0.15) is 5.10 Å². The zero-order chi connectivity index (χ0) is 16.3. The predicted octanol–water partition coefficient (Wildman–Crippen LogP) is 2.22. The molecular formula is C16H19ClN4O2.